The van der Waals surface area contributed by atoms with Gasteiger partial charge in [0.2, 0.25) is 0 Å². The maximum atomic E-state index is 12.7. The van der Waals surface area contributed by atoms with E-state index in [9.17, 15) is 19.8 Å². The van der Waals surface area contributed by atoms with Crippen LogP contribution in [0.15, 0.2) is 49.1 Å². The Labute approximate surface area is 133 Å². The number of allylic oxidation sites excluding steroid dienone is 1. The van der Waals surface area contributed by atoms with Gasteiger partial charge in [-0.3, -0.25) is 4.79 Å². The second kappa shape index (κ2) is 6.79. The number of carboxylic acids is 1. The number of aromatic carboxylic acids is 1. The van der Waals surface area contributed by atoms with Gasteiger partial charge >= 0.3 is 5.97 Å². The minimum atomic E-state index is -1.20. The number of benzene rings is 2. The highest BCUT2D eigenvalue weighted by atomic mass is 16.5. The number of phenols is 1. The highest BCUT2D eigenvalue weighted by Crippen LogP contribution is 2.33. The Hall–Kier alpha value is -3.08. The average Bonchev–Trinajstić information content (AvgIpc) is 2.56. The predicted molar refractivity (Wildman–Crippen MR) is 85.4 cm³/mol. The van der Waals surface area contributed by atoms with E-state index in [0.29, 0.717) is 17.7 Å². The first-order chi connectivity index (χ1) is 11.0. The van der Waals surface area contributed by atoms with Crippen molar-refractivity contribution < 1.29 is 24.5 Å². The first-order valence-electron chi connectivity index (χ1n) is 6.88. The Morgan fingerprint density at radius 1 is 1.13 bits per heavy atom. The van der Waals surface area contributed by atoms with E-state index in [0.717, 1.165) is 0 Å². The van der Waals surface area contributed by atoms with Crippen molar-refractivity contribution in [1.29, 1.82) is 0 Å². The summed E-state index contributed by atoms with van der Waals surface area (Å²) in [7, 11) is 1.46. The smallest absolute Gasteiger partial charge is 0.336 e. The molecule has 2 aromatic rings. The van der Waals surface area contributed by atoms with Gasteiger partial charge in [-0.15, -0.1) is 6.58 Å². The first-order valence-corrected chi connectivity index (χ1v) is 6.88. The molecule has 5 heteroatoms. The number of ether oxygens (including phenoxy) is 1. The average molecular weight is 312 g/mol. The minimum Gasteiger partial charge on any atom is -0.507 e. The van der Waals surface area contributed by atoms with Gasteiger partial charge in [0, 0.05) is 11.1 Å². The Bertz CT molecular complexity index is 777. The van der Waals surface area contributed by atoms with Gasteiger partial charge in [-0.2, -0.15) is 0 Å². The molecule has 23 heavy (non-hydrogen) atoms. The second-order valence-electron chi connectivity index (χ2n) is 4.82. The first kappa shape index (κ1) is 16.3. The van der Waals surface area contributed by atoms with Gasteiger partial charge < -0.3 is 14.9 Å². The van der Waals surface area contributed by atoms with E-state index in [1.54, 1.807) is 18.2 Å². The molecule has 0 fully saturated rings. The van der Waals surface area contributed by atoms with E-state index in [-0.39, 0.29) is 22.4 Å². The molecular formula is C18H16O5. The van der Waals surface area contributed by atoms with E-state index in [1.165, 1.54) is 31.4 Å². The summed E-state index contributed by atoms with van der Waals surface area (Å²) in [5.74, 6) is -1.55. The highest BCUT2D eigenvalue weighted by molar-refractivity contribution is 6.15. The molecule has 0 unspecified atom stereocenters. The zero-order chi connectivity index (χ0) is 17.0. The Kier molecular flexibility index (Phi) is 4.81. The van der Waals surface area contributed by atoms with Crippen LogP contribution in [0.3, 0.4) is 0 Å². The van der Waals surface area contributed by atoms with Crippen molar-refractivity contribution in [2.24, 2.45) is 0 Å². The SMILES string of the molecule is C=CCc1c(OC)ccc(C(=O)c2ccccc2C(=O)O)c1O. The van der Waals surface area contributed by atoms with Crippen molar-refractivity contribution in [3.8, 4) is 11.5 Å². The molecule has 0 radical (unpaired) electrons. The van der Waals surface area contributed by atoms with E-state index < -0.39 is 11.8 Å². The maximum Gasteiger partial charge on any atom is 0.336 e. The van der Waals surface area contributed by atoms with Gasteiger partial charge in [-0.25, -0.2) is 4.79 Å². The number of aromatic hydroxyl groups is 1. The van der Waals surface area contributed by atoms with Crippen LogP contribution in [0.25, 0.3) is 0 Å². The van der Waals surface area contributed by atoms with Crippen molar-refractivity contribution in [3.63, 3.8) is 0 Å². The zero-order valence-electron chi connectivity index (χ0n) is 12.6. The molecule has 0 bridgehead atoms. The van der Waals surface area contributed by atoms with Crippen molar-refractivity contribution in [2.45, 2.75) is 6.42 Å². The van der Waals surface area contributed by atoms with E-state index in [2.05, 4.69) is 6.58 Å². The number of carbonyl (C=O) groups excluding carboxylic acids is 1. The molecule has 118 valence electrons. The molecule has 0 heterocycles. The lowest BCUT2D eigenvalue weighted by atomic mass is 9.95. The lowest BCUT2D eigenvalue weighted by Gasteiger charge is -2.13. The highest BCUT2D eigenvalue weighted by Gasteiger charge is 2.22. The number of methoxy groups -OCH3 is 1. The summed E-state index contributed by atoms with van der Waals surface area (Å²) in [4.78, 5) is 23.9. The fourth-order valence-electron chi connectivity index (χ4n) is 2.35. The molecule has 2 rings (SSSR count). The summed E-state index contributed by atoms with van der Waals surface area (Å²) in [6.07, 6.45) is 1.90. The molecule has 0 spiro atoms. The van der Waals surface area contributed by atoms with E-state index in [1.807, 2.05) is 0 Å². The van der Waals surface area contributed by atoms with Gasteiger partial charge in [0.15, 0.2) is 5.78 Å². The van der Waals surface area contributed by atoms with Crippen LogP contribution in [0.5, 0.6) is 11.5 Å². The number of carbonyl (C=O) groups is 2. The number of carboxylic acid groups (broad SMARTS) is 1. The van der Waals surface area contributed by atoms with Gasteiger partial charge in [0.25, 0.3) is 0 Å². The summed E-state index contributed by atoms with van der Waals surface area (Å²) in [5, 5.41) is 19.6. The van der Waals surface area contributed by atoms with Crippen LogP contribution in [0.2, 0.25) is 0 Å². The van der Waals surface area contributed by atoms with E-state index in [4.69, 9.17) is 4.74 Å². The number of rotatable bonds is 6. The van der Waals surface area contributed by atoms with Crippen LogP contribution >= 0.6 is 0 Å². The third kappa shape index (κ3) is 3.08. The molecule has 0 aliphatic rings. The van der Waals surface area contributed by atoms with Crippen molar-refractivity contribution in [1.82, 2.24) is 0 Å². The summed E-state index contributed by atoms with van der Waals surface area (Å²) in [5.41, 5.74) is 0.362. The minimum absolute atomic E-state index is 0.0185. The Balaban J connectivity index is 2.59. The molecule has 0 saturated heterocycles. The fourth-order valence-corrected chi connectivity index (χ4v) is 2.35. The molecule has 2 aromatic carbocycles. The third-order valence-corrected chi connectivity index (χ3v) is 3.45. The summed E-state index contributed by atoms with van der Waals surface area (Å²) in [6, 6.07) is 8.86. The van der Waals surface area contributed by atoms with Crippen LogP contribution in [-0.4, -0.2) is 29.1 Å². The molecule has 0 aromatic heterocycles. The summed E-state index contributed by atoms with van der Waals surface area (Å²) < 4.78 is 5.17. The maximum absolute atomic E-state index is 12.7. The van der Waals surface area contributed by atoms with Gasteiger partial charge in [0.1, 0.15) is 11.5 Å². The molecular weight excluding hydrogens is 296 g/mol. The molecule has 0 saturated carbocycles. The van der Waals surface area contributed by atoms with Crippen molar-refractivity contribution in [3.05, 3.63) is 71.3 Å². The molecule has 0 amide bonds. The quantitative estimate of drug-likeness (QED) is 0.632. The Morgan fingerprint density at radius 3 is 2.35 bits per heavy atom. The van der Waals surface area contributed by atoms with Crippen LogP contribution in [0.4, 0.5) is 0 Å². The lowest BCUT2D eigenvalue weighted by Crippen LogP contribution is -2.10. The monoisotopic (exact) mass is 312 g/mol. The van der Waals surface area contributed by atoms with Crippen molar-refractivity contribution in [2.75, 3.05) is 7.11 Å². The lowest BCUT2D eigenvalue weighted by molar-refractivity contribution is 0.0692. The van der Waals surface area contributed by atoms with Crippen LogP contribution in [0, 0.1) is 0 Å². The van der Waals surface area contributed by atoms with Crippen LogP contribution in [0.1, 0.15) is 31.8 Å². The number of hydrogen-bond donors (Lipinski definition) is 2. The standard InChI is InChI=1S/C18H16O5/c1-3-6-13-15(23-2)10-9-14(17(13)20)16(19)11-7-4-5-8-12(11)18(21)22/h3-5,7-10,20H,1,6H2,2H3,(H,21,22). The summed E-state index contributed by atoms with van der Waals surface area (Å²) >= 11 is 0. The molecule has 0 aliphatic carbocycles. The normalized spacial score (nSPS) is 10.1. The fraction of sp³-hybridized carbons (Fsp3) is 0.111. The topological polar surface area (TPSA) is 83.8 Å². The number of hydrogen-bond acceptors (Lipinski definition) is 4. The third-order valence-electron chi connectivity index (χ3n) is 3.45. The van der Waals surface area contributed by atoms with Crippen LogP contribution in [-0.2, 0) is 6.42 Å². The van der Waals surface area contributed by atoms with Gasteiger partial charge in [-0.05, 0) is 24.6 Å². The van der Waals surface area contributed by atoms with E-state index >= 15 is 0 Å². The Morgan fingerprint density at radius 2 is 1.78 bits per heavy atom. The predicted octanol–water partition coefficient (Wildman–Crippen LogP) is 3.06. The number of phenolic OH excluding ortho intramolecular Hbond substituents is 1. The molecule has 0 aliphatic heterocycles. The molecule has 5 nitrogen and oxygen atoms in total. The number of ketones is 1. The molecule has 2 N–H and O–H groups in total. The summed E-state index contributed by atoms with van der Waals surface area (Å²) in [6.45, 7) is 3.61. The van der Waals surface area contributed by atoms with Gasteiger partial charge in [-0.1, -0.05) is 24.3 Å². The van der Waals surface area contributed by atoms with Gasteiger partial charge in [0.05, 0.1) is 18.2 Å². The van der Waals surface area contributed by atoms with Crippen molar-refractivity contribution >= 4 is 11.8 Å². The zero-order valence-corrected chi connectivity index (χ0v) is 12.6. The van der Waals surface area contributed by atoms with Crippen LogP contribution < -0.4 is 4.74 Å². The second-order valence-corrected chi connectivity index (χ2v) is 4.82. The molecule has 0 atom stereocenters. The largest absolute Gasteiger partial charge is 0.507 e.